The van der Waals surface area contributed by atoms with Crippen molar-refractivity contribution in [1.82, 2.24) is 0 Å². The molecule has 4 nitrogen and oxygen atoms in total. The molecule has 0 aromatic heterocycles. The van der Waals surface area contributed by atoms with E-state index < -0.39 is 11.4 Å². The molecule has 0 radical (unpaired) electrons. The van der Waals surface area contributed by atoms with E-state index in [9.17, 15) is 20.1 Å². The van der Waals surface area contributed by atoms with E-state index in [0.29, 0.717) is 18.3 Å². The number of hydrogen-bond acceptors (Lipinski definition) is 3. The lowest BCUT2D eigenvalue weighted by Crippen LogP contribution is -2.55. The summed E-state index contributed by atoms with van der Waals surface area (Å²) in [6.07, 6.45) is 12.2. The van der Waals surface area contributed by atoms with Gasteiger partial charge in [-0.25, -0.2) is 0 Å². The average Bonchev–Trinajstić information content (AvgIpc) is 2.90. The molecule has 0 aromatic rings. The summed E-state index contributed by atoms with van der Waals surface area (Å²) in [5, 5.41) is 29.7. The molecular weight excluding hydrogens is 330 g/mol. The Hall–Kier alpha value is -1.13. The molecule has 0 amide bonds. The molecule has 3 N–H and O–H groups in total. The van der Waals surface area contributed by atoms with Crippen LogP contribution in [0.2, 0.25) is 0 Å². The van der Waals surface area contributed by atoms with Gasteiger partial charge in [-0.3, -0.25) is 4.79 Å². The highest BCUT2D eigenvalue weighted by molar-refractivity contribution is 5.79. The van der Waals surface area contributed by atoms with Gasteiger partial charge in [0, 0.05) is 6.61 Å². The summed E-state index contributed by atoms with van der Waals surface area (Å²) < 4.78 is 0. The third kappa shape index (κ3) is 2.18. The average molecular weight is 362 g/mol. The molecule has 0 aromatic carbocycles. The number of fused-ring (bicyclic) bond motifs is 5. The minimum atomic E-state index is -0.939. The first kappa shape index (κ1) is 18.2. The largest absolute Gasteiger partial charge is 0.481 e. The minimum Gasteiger partial charge on any atom is -0.481 e. The maximum absolute atomic E-state index is 12.3. The molecule has 4 rings (SSSR count). The zero-order chi connectivity index (χ0) is 18.7. The lowest BCUT2D eigenvalue weighted by atomic mass is 9.45. The topological polar surface area (TPSA) is 77.8 Å². The van der Waals surface area contributed by atoms with Crippen LogP contribution in [0.5, 0.6) is 0 Å². The summed E-state index contributed by atoms with van der Waals surface area (Å²) in [5.41, 5.74) is 0.329. The van der Waals surface area contributed by atoms with Gasteiger partial charge < -0.3 is 15.3 Å². The van der Waals surface area contributed by atoms with Gasteiger partial charge in [-0.1, -0.05) is 37.6 Å². The second-order valence-corrected chi connectivity index (χ2v) is 9.64. The van der Waals surface area contributed by atoms with Crippen LogP contribution in [0, 0.1) is 34.0 Å². The molecule has 7 atom stereocenters. The van der Waals surface area contributed by atoms with Crippen molar-refractivity contribution < 1.29 is 20.1 Å². The van der Waals surface area contributed by atoms with Crippen LogP contribution in [0.25, 0.3) is 0 Å². The Morgan fingerprint density at radius 2 is 2.08 bits per heavy atom. The van der Waals surface area contributed by atoms with Crippen LogP contribution in [-0.4, -0.2) is 34.0 Å². The first-order chi connectivity index (χ1) is 12.3. The van der Waals surface area contributed by atoms with Crippen molar-refractivity contribution >= 4 is 5.97 Å². The predicted molar refractivity (Wildman–Crippen MR) is 99.4 cm³/mol. The van der Waals surface area contributed by atoms with Crippen molar-refractivity contribution in [2.24, 2.45) is 34.0 Å². The van der Waals surface area contributed by atoms with E-state index in [1.165, 1.54) is 5.57 Å². The normalized spacial score (nSPS) is 49.8. The molecule has 0 saturated heterocycles. The van der Waals surface area contributed by atoms with E-state index in [2.05, 4.69) is 26.0 Å². The number of allylic oxidation sites excluding steroid dienone is 2. The molecule has 0 unspecified atom stereocenters. The van der Waals surface area contributed by atoms with E-state index in [4.69, 9.17) is 0 Å². The van der Waals surface area contributed by atoms with E-state index in [1.807, 2.05) is 6.08 Å². The number of carbonyl (C=O) groups is 1. The summed E-state index contributed by atoms with van der Waals surface area (Å²) in [5.74, 6) is 0.501. The number of aliphatic carboxylic acids is 1. The number of aliphatic hydroxyl groups excluding tert-OH is 2. The van der Waals surface area contributed by atoms with Gasteiger partial charge in [-0.2, -0.15) is 0 Å². The predicted octanol–water partition coefficient (Wildman–Crippen LogP) is 3.54. The summed E-state index contributed by atoms with van der Waals surface area (Å²) in [7, 11) is 0. The number of carboxylic acid groups (broad SMARTS) is 1. The third-order valence-electron chi connectivity index (χ3n) is 8.82. The van der Waals surface area contributed by atoms with Gasteiger partial charge in [-0.05, 0) is 73.5 Å². The maximum atomic E-state index is 12.3. The smallest absolute Gasteiger partial charge is 0.314 e. The van der Waals surface area contributed by atoms with E-state index in [-0.39, 0.29) is 29.5 Å². The first-order valence-corrected chi connectivity index (χ1v) is 10.2. The summed E-state index contributed by atoms with van der Waals surface area (Å²) in [4.78, 5) is 12.3. The molecule has 4 aliphatic rings. The fraction of sp³-hybridized carbons (Fsp3) is 0.773. The van der Waals surface area contributed by atoms with Gasteiger partial charge in [-0.15, -0.1) is 0 Å². The molecule has 2 fully saturated rings. The van der Waals surface area contributed by atoms with Crippen molar-refractivity contribution in [1.29, 1.82) is 0 Å². The van der Waals surface area contributed by atoms with Gasteiger partial charge in [0.1, 0.15) is 0 Å². The third-order valence-corrected chi connectivity index (χ3v) is 8.82. The van der Waals surface area contributed by atoms with Crippen LogP contribution < -0.4 is 0 Å². The highest BCUT2D eigenvalue weighted by Gasteiger charge is 2.64. The number of carboxylic acids is 1. The highest BCUT2D eigenvalue weighted by atomic mass is 17.2. The summed E-state index contributed by atoms with van der Waals surface area (Å²) >= 11 is 0. The van der Waals surface area contributed by atoms with Crippen LogP contribution in [0.1, 0.15) is 58.8 Å². The van der Waals surface area contributed by atoms with Crippen LogP contribution >= 0.6 is 0 Å². The Balaban J connectivity index is 1.70. The number of aliphatic hydroxyl groups is 2. The molecule has 0 heterocycles. The van der Waals surface area contributed by atoms with Gasteiger partial charge in [0.15, 0.2) is 0 Å². The van der Waals surface area contributed by atoms with Crippen LogP contribution in [0.3, 0.4) is 0 Å². The van der Waals surface area contributed by atoms with E-state index >= 15 is 0 Å². The number of hydrogen-bond donors (Lipinski definition) is 3. The van der Waals surface area contributed by atoms with E-state index in [1.54, 1.807) is 0 Å². The van der Waals surface area contributed by atoms with Crippen molar-refractivity contribution in [3.63, 3.8) is 0 Å². The number of rotatable bonds is 3. The Morgan fingerprint density at radius 3 is 2.77 bits per heavy atom. The highest BCUT2D eigenvalue weighted by Crippen LogP contribution is 2.68. The zero-order valence-corrected chi connectivity index (χ0v) is 15.9. The second kappa shape index (κ2) is 5.93. The lowest BCUT2D eigenvalue weighted by molar-refractivity contribution is -0.161. The fourth-order valence-corrected chi connectivity index (χ4v) is 7.20. The van der Waals surface area contributed by atoms with Crippen LogP contribution in [-0.2, 0) is 4.79 Å². The van der Waals surface area contributed by atoms with E-state index in [0.717, 1.165) is 38.5 Å². The van der Waals surface area contributed by atoms with Crippen molar-refractivity contribution in [2.75, 3.05) is 6.61 Å². The molecule has 0 aliphatic heterocycles. The van der Waals surface area contributed by atoms with Gasteiger partial charge in [0.25, 0.3) is 0 Å². The lowest BCUT2D eigenvalue weighted by Gasteiger charge is -2.59. The van der Waals surface area contributed by atoms with Crippen molar-refractivity contribution in [2.45, 2.75) is 64.9 Å². The van der Waals surface area contributed by atoms with Crippen LogP contribution in [0.4, 0.5) is 0 Å². The standard InChI is InChI=1S/C22H32O4/c1-20-8-5-15(24)13-14(20)3-4-16-17(20)6-9-21(2)18(16)7-10-22(21,11-12-23)19(25)26/h3,7,10,15-18,23-24H,4-6,8-9,11-13H2,1-2H3,(H,25,26)/t15-,16+,17-,18-,20-,21-,22+/m0/s1/i23+1,24+1. The monoisotopic (exact) mass is 362 g/mol. The van der Waals surface area contributed by atoms with Gasteiger partial charge in [0.2, 0.25) is 0 Å². The molecular formula is C22H32O4. The van der Waals surface area contributed by atoms with Gasteiger partial charge >= 0.3 is 5.97 Å². The summed E-state index contributed by atoms with van der Waals surface area (Å²) in [6.45, 7) is 4.43. The van der Waals surface area contributed by atoms with Crippen molar-refractivity contribution in [3.05, 3.63) is 23.8 Å². The van der Waals surface area contributed by atoms with Crippen LogP contribution in [0.15, 0.2) is 23.8 Å². The second-order valence-electron chi connectivity index (χ2n) is 9.64. The summed E-state index contributed by atoms with van der Waals surface area (Å²) in [6, 6.07) is 0. The SMILES string of the molecule is C[C@]12CC[C@H]([17OH])CC1=CC[C@@H]1[C@@H]2CC[C@@]2(C)[C@H]1C=C[C@@]2(CC[17OH])C(=O)O. The molecule has 4 heteroatoms. The minimum absolute atomic E-state index is 0.0906. The Labute approximate surface area is 156 Å². The Bertz CT molecular complexity index is 667. The molecule has 2 saturated carbocycles. The molecule has 144 valence electrons. The Kier molecular flexibility index (Phi) is 4.16. The first-order valence-electron chi connectivity index (χ1n) is 10.2. The quantitative estimate of drug-likeness (QED) is 0.671. The molecule has 4 aliphatic carbocycles. The van der Waals surface area contributed by atoms with Gasteiger partial charge in [0.05, 0.1) is 11.5 Å². The van der Waals surface area contributed by atoms with Crippen molar-refractivity contribution in [3.8, 4) is 0 Å². The molecule has 0 bridgehead atoms. The maximum Gasteiger partial charge on any atom is 0.314 e. The fourth-order valence-electron chi connectivity index (χ4n) is 7.20. The zero-order valence-electron chi connectivity index (χ0n) is 15.9. The molecule has 26 heavy (non-hydrogen) atoms. The Morgan fingerprint density at radius 1 is 1.31 bits per heavy atom. The molecule has 0 spiro atoms.